The molecule has 1 aliphatic heterocycles. The van der Waals surface area contributed by atoms with Gasteiger partial charge in [0.15, 0.2) is 0 Å². The van der Waals surface area contributed by atoms with Gasteiger partial charge >= 0.3 is 5.97 Å². The van der Waals surface area contributed by atoms with Crippen molar-refractivity contribution >= 4 is 11.9 Å². The largest absolute Gasteiger partial charge is 0.366 e. The summed E-state index contributed by atoms with van der Waals surface area (Å²) in [6, 6.07) is 8.54. The first-order valence-corrected chi connectivity index (χ1v) is 5.04. The van der Waals surface area contributed by atoms with E-state index in [1.807, 2.05) is 6.07 Å². The number of hydrogen-bond acceptors (Lipinski definition) is 4. The van der Waals surface area contributed by atoms with Crippen LogP contribution >= 0.6 is 0 Å². The van der Waals surface area contributed by atoms with E-state index >= 15 is 0 Å². The Bertz CT molecular complexity index is 391. The van der Waals surface area contributed by atoms with E-state index in [4.69, 9.17) is 4.84 Å². The van der Waals surface area contributed by atoms with E-state index in [-0.39, 0.29) is 11.9 Å². The summed E-state index contributed by atoms with van der Waals surface area (Å²) in [4.78, 5) is 27.2. The zero-order chi connectivity index (χ0) is 11.4. The molecule has 84 valence electrons. The van der Waals surface area contributed by atoms with Gasteiger partial charge < -0.3 is 10.2 Å². The van der Waals surface area contributed by atoms with Gasteiger partial charge in [-0.2, -0.15) is 0 Å². The lowest BCUT2D eigenvalue weighted by Gasteiger charge is -2.09. The molecule has 2 rings (SSSR count). The lowest BCUT2D eigenvalue weighted by Crippen LogP contribution is -2.33. The quantitative estimate of drug-likeness (QED) is 0.716. The molecule has 1 saturated heterocycles. The lowest BCUT2D eigenvalue weighted by molar-refractivity contribution is -0.119. The van der Waals surface area contributed by atoms with Crippen LogP contribution in [-0.2, 0) is 9.63 Å². The number of benzene rings is 1. The van der Waals surface area contributed by atoms with E-state index in [1.165, 1.54) is 0 Å². The highest BCUT2D eigenvalue weighted by Crippen LogP contribution is 2.02. The minimum absolute atomic E-state index is 0.0340. The Hall–Kier alpha value is -1.88. The van der Waals surface area contributed by atoms with Crippen molar-refractivity contribution in [3.8, 4) is 0 Å². The standard InChI is InChI=1S/C11H12N2O3/c14-10-6-9(7-12-10)13-16-11(15)8-4-2-1-3-5-8/h1-5,9,13H,6-7H2,(H,12,14). The molecule has 0 aliphatic carbocycles. The third kappa shape index (κ3) is 2.58. The molecular formula is C11H12N2O3. The summed E-state index contributed by atoms with van der Waals surface area (Å²) < 4.78 is 0. The summed E-state index contributed by atoms with van der Waals surface area (Å²) >= 11 is 0. The van der Waals surface area contributed by atoms with Gasteiger partial charge in [0.1, 0.15) is 0 Å². The maximum Gasteiger partial charge on any atom is 0.356 e. The van der Waals surface area contributed by atoms with Crippen molar-refractivity contribution in [1.29, 1.82) is 0 Å². The second-order valence-corrected chi connectivity index (χ2v) is 3.58. The number of hydrogen-bond donors (Lipinski definition) is 2. The number of rotatable bonds is 3. The number of carbonyl (C=O) groups excluding carboxylic acids is 2. The Balaban J connectivity index is 1.82. The fourth-order valence-corrected chi connectivity index (χ4v) is 1.46. The summed E-state index contributed by atoms with van der Waals surface area (Å²) in [7, 11) is 0. The first kappa shape index (κ1) is 10.6. The van der Waals surface area contributed by atoms with Crippen molar-refractivity contribution in [2.45, 2.75) is 12.5 Å². The predicted octanol–water partition coefficient (Wildman–Crippen LogP) is 0.236. The fourth-order valence-electron chi connectivity index (χ4n) is 1.46. The molecule has 1 aliphatic rings. The number of carbonyl (C=O) groups is 2. The van der Waals surface area contributed by atoms with Gasteiger partial charge in [0.2, 0.25) is 5.91 Å². The monoisotopic (exact) mass is 220 g/mol. The Labute approximate surface area is 92.7 Å². The molecule has 1 aromatic rings. The van der Waals surface area contributed by atoms with Crippen molar-refractivity contribution in [3.63, 3.8) is 0 Å². The lowest BCUT2D eigenvalue weighted by atomic mass is 10.2. The van der Waals surface area contributed by atoms with E-state index in [1.54, 1.807) is 24.3 Å². The minimum Gasteiger partial charge on any atom is -0.366 e. The molecule has 2 N–H and O–H groups in total. The molecule has 5 nitrogen and oxygen atoms in total. The van der Waals surface area contributed by atoms with Gasteiger partial charge in [-0.15, -0.1) is 5.48 Å². The third-order valence-electron chi connectivity index (χ3n) is 2.31. The normalized spacial score (nSPS) is 19.2. The van der Waals surface area contributed by atoms with E-state index in [2.05, 4.69) is 10.8 Å². The molecule has 16 heavy (non-hydrogen) atoms. The van der Waals surface area contributed by atoms with Gasteiger partial charge in [0.05, 0.1) is 11.6 Å². The molecule has 1 aromatic carbocycles. The Morgan fingerprint density at radius 1 is 1.38 bits per heavy atom. The van der Waals surface area contributed by atoms with Crippen molar-refractivity contribution < 1.29 is 14.4 Å². The SMILES string of the molecule is O=C1CC(NOC(=O)c2ccccc2)CN1. The predicted molar refractivity (Wildman–Crippen MR) is 56.4 cm³/mol. The minimum atomic E-state index is -0.444. The molecule has 0 saturated carbocycles. The van der Waals surface area contributed by atoms with Crippen LogP contribution in [-0.4, -0.2) is 24.5 Å². The average molecular weight is 220 g/mol. The van der Waals surface area contributed by atoms with Crippen LogP contribution in [0, 0.1) is 0 Å². The van der Waals surface area contributed by atoms with Crippen LogP contribution in [0.5, 0.6) is 0 Å². The van der Waals surface area contributed by atoms with Crippen molar-refractivity contribution in [1.82, 2.24) is 10.8 Å². The van der Waals surface area contributed by atoms with E-state index in [0.29, 0.717) is 18.5 Å². The fraction of sp³-hybridized carbons (Fsp3) is 0.273. The number of nitrogens with one attached hydrogen (secondary N) is 2. The number of hydroxylamine groups is 1. The van der Waals surface area contributed by atoms with Gasteiger partial charge in [0, 0.05) is 13.0 Å². The van der Waals surface area contributed by atoms with Gasteiger partial charge in [-0.3, -0.25) is 4.79 Å². The molecule has 1 fully saturated rings. The van der Waals surface area contributed by atoms with Gasteiger partial charge in [0.25, 0.3) is 0 Å². The zero-order valence-electron chi connectivity index (χ0n) is 8.60. The zero-order valence-corrected chi connectivity index (χ0v) is 8.60. The molecule has 0 radical (unpaired) electrons. The summed E-state index contributed by atoms with van der Waals surface area (Å²) in [6.07, 6.45) is 0.335. The third-order valence-corrected chi connectivity index (χ3v) is 2.31. The van der Waals surface area contributed by atoms with E-state index in [9.17, 15) is 9.59 Å². The van der Waals surface area contributed by atoms with Crippen molar-refractivity contribution in [2.75, 3.05) is 6.54 Å². The van der Waals surface area contributed by atoms with Crippen LogP contribution in [0.4, 0.5) is 0 Å². The second-order valence-electron chi connectivity index (χ2n) is 3.58. The smallest absolute Gasteiger partial charge is 0.356 e. The summed E-state index contributed by atoms with van der Waals surface area (Å²) in [5.74, 6) is -0.479. The molecule has 1 atom stereocenters. The van der Waals surface area contributed by atoms with Crippen LogP contribution in [0.1, 0.15) is 16.8 Å². The summed E-state index contributed by atoms with van der Waals surface area (Å²) in [5.41, 5.74) is 3.06. The maximum atomic E-state index is 11.5. The van der Waals surface area contributed by atoms with Gasteiger partial charge in [-0.1, -0.05) is 18.2 Å². The van der Waals surface area contributed by atoms with Crippen molar-refractivity contribution in [3.05, 3.63) is 35.9 Å². The summed E-state index contributed by atoms with van der Waals surface area (Å²) in [6.45, 7) is 0.487. The topological polar surface area (TPSA) is 67.4 Å². The first-order chi connectivity index (χ1) is 7.75. The van der Waals surface area contributed by atoms with Crippen LogP contribution in [0.3, 0.4) is 0 Å². The Morgan fingerprint density at radius 3 is 2.75 bits per heavy atom. The maximum absolute atomic E-state index is 11.5. The van der Waals surface area contributed by atoms with E-state index in [0.717, 1.165) is 0 Å². The van der Waals surface area contributed by atoms with Crippen LogP contribution in [0.15, 0.2) is 30.3 Å². The molecule has 5 heteroatoms. The highest BCUT2D eigenvalue weighted by Gasteiger charge is 2.22. The highest BCUT2D eigenvalue weighted by atomic mass is 16.7. The van der Waals surface area contributed by atoms with Crippen LogP contribution in [0.25, 0.3) is 0 Å². The molecule has 0 spiro atoms. The molecule has 1 heterocycles. The van der Waals surface area contributed by atoms with Crippen LogP contribution < -0.4 is 10.8 Å². The summed E-state index contributed by atoms with van der Waals surface area (Å²) in [5, 5.41) is 2.64. The van der Waals surface area contributed by atoms with Gasteiger partial charge in [-0.05, 0) is 12.1 Å². The van der Waals surface area contributed by atoms with Gasteiger partial charge in [-0.25, -0.2) is 4.79 Å². The molecule has 0 bridgehead atoms. The molecular weight excluding hydrogens is 208 g/mol. The van der Waals surface area contributed by atoms with E-state index < -0.39 is 5.97 Å². The molecule has 1 amide bonds. The average Bonchev–Trinajstić information content (AvgIpc) is 2.73. The first-order valence-electron chi connectivity index (χ1n) is 5.04. The van der Waals surface area contributed by atoms with Crippen molar-refractivity contribution in [2.24, 2.45) is 0 Å². The second kappa shape index (κ2) is 4.76. The molecule has 0 aromatic heterocycles. The Morgan fingerprint density at radius 2 is 2.12 bits per heavy atom. The number of amides is 1. The molecule has 1 unspecified atom stereocenters. The highest BCUT2D eigenvalue weighted by molar-refractivity contribution is 5.89. The Kier molecular flexibility index (Phi) is 3.16. The van der Waals surface area contributed by atoms with Crippen LogP contribution in [0.2, 0.25) is 0 Å².